The van der Waals surface area contributed by atoms with Crippen molar-refractivity contribution in [3.05, 3.63) is 83.2 Å². The molecule has 32 heavy (non-hydrogen) atoms. The van der Waals surface area contributed by atoms with Gasteiger partial charge in [0.05, 0.1) is 19.3 Å². The van der Waals surface area contributed by atoms with Crippen LogP contribution >= 0.6 is 0 Å². The number of carboxylic acid groups (broad SMARTS) is 1. The molecule has 4 nitrogen and oxygen atoms in total. The summed E-state index contributed by atoms with van der Waals surface area (Å²) >= 11 is 0. The fourth-order valence-corrected chi connectivity index (χ4v) is 4.67. The number of carbonyl (C=O) groups is 1. The van der Waals surface area contributed by atoms with Gasteiger partial charge in [-0.2, -0.15) is 0 Å². The first-order valence-corrected chi connectivity index (χ1v) is 11.4. The van der Waals surface area contributed by atoms with Crippen molar-refractivity contribution in [2.75, 3.05) is 13.1 Å². The average molecular weight is 436 g/mol. The number of ether oxygens (including phenoxy) is 1. The number of benzene rings is 3. The Morgan fingerprint density at radius 2 is 1.94 bits per heavy atom. The van der Waals surface area contributed by atoms with Crippen molar-refractivity contribution >= 4 is 16.9 Å². The summed E-state index contributed by atoms with van der Waals surface area (Å²) in [5.74, 6) is -0.240. The van der Waals surface area contributed by atoms with Crippen LogP contribution in [-0.4, -0.2) is 35.3 Å². The molecule has 1 aliphatic rings. The highest BCUT2D eigenvalue weighted by Gasteiger charge is 2.33. The highest BCUT2D eigenvalue weighted by atomic mass is 19.1. The van der Waals surface area contributed by atoms with E-state index in [4.69, 9.17) is 4.74 Å². The van der Waals surface area contributed by atoms with Crippen molar-refractivity contribution in [3.8, 4) is 0 Å². The maximum absolute atomic E-state index is 13.4. The average Bonchev–Trinajstić information content (AvgIpc) is 2.81. The van der Waals surface area contributed by atoms with E-state index in [2.05, 4.69) is 37.3 Å². The Hall–Kier alpha value is -2.92. The molecule has 5 heteroatoms. The largest absolute Gasteiger partial charge is 0.465 e. The number of hydrogen-bond donors (Lipinski definition) is 1. The topological polar surface area (TPSA) is 49.8 Å². The number of piperidine rings is 1. The van der Waals surface area contributed by atoms with E-state index in [1.165, 1.54) is 33.4 Å². The highest BCUT2D eigenvalue weighted by molar-refractivity contribution is 5.86. The van der Waals surface area contributed by atoms with Gasteiger partial charge in [0.25, 0.3) is 0 Å². The first-order chi connectivity index (χ1) is 15.5. The molecule has 0 saturated carbocycles. The molecule has 1 heterocycles. The third-order valence-corrected chi connectivity index (χ3v) is 6.40. The van der Waals surface area contributed by atoms with Crippen LogP contribution in [0.1, 0.15) is 48.8 Å². The summed E-state index contributed by atoms with van der Waals surface area (Å²) in [5, 5.41) is 12.0. The number of hydrogen-bond acceptors (Lipinski definition) is 2. The van der Waals surface area contributed by atoms with Crippen molar-refractivity contribution in [2.45, 2.75) is 51.2 Å². The lowest BCUT2D eigenvalue weighted by Crippen LogP contribution is -2.46. The SMILES string of the molecule is CCCCc1cc(COC2CN(C(=O)O)CCC2c2ccc(F)cc2)cc2ccccc12. The van der Waals surface area contributed by atoms with Crippen LogP contribution < -0.4 is 0 Å². The molecule has 1 amide bonds. The zero-order valence-electron chi connectivity index (χ0n) is 18.5. The maximum Gasteiger partial charge on any atom is 0.407 e. The van der Waals surface area contributed by atoms with E-state index >= 15 is 0 Å². The minimum atomic E-state index is -0.927. The molecular weight excluding hydrogens is 405 g/mol. The van der Waals surface area contributed by atoms with Gasteiger partial charge >= 0.3 is 6.09 Å². The Balaban J connectivity index is 1.56. The quantitative estimate of drug-likeness (QED) is 0.469. The van der Waals surface area contributed by atoms with Crippen LogP contribution in [0.3, 0.4) is 0 Å². The molecule has 2 atom stereocenters. The summed E-state index contributed by atoms with van der Waals surface area (Å²) in [5.41, 5.74) is 3.41. The number of fused-ring (bicyclic) bond motifs is 1. The van der Waals surface area contributed by atoms with Crippen LogP contribution in [0.25, 0.3) is 10.8 Å². The molecular formula is C27H30FNO3. The Morgan fingerprint density at radius 1 is 1.16 bits per heavy atom. The van der Waals surface area contributed by atoms with Crippen LogP contribution in [0.2, 0.25) is 0 Å². The van der Waals surface area contributed by atoms with Gasteiger partial charge < -0.3 is 14.7 Å². The second-order valence-corrected chi connectivity index (χ2v) is 8.60. The van der Waals surface area contributed by atoms with Crippen LogP contribution in [0.5, 0.6) is 0 Å². The predicted octanol–water partition coefficient (Wildman–Crippen LogP) is 6.37. The second kappa shape index (κ2) is 10.1. The zero-order chi connectivity index (χ0) is 22.5. The molecule has 0 radical (unpaired) electrons. The first-order valence-electron chi connectivity index (χ1n) is 11.4. The van der Waals surface area contributed by atoms with E-state index in [0.717, 1.165) is 30.4 Å². The smallest absolute Gasteiger partial charge is 0.407 e. The van der Waals surface area contributed by atoms with E-state index < -0.39 is 6.09 Å². The highest BCUT2D eigenvalue weighted by Crippen LogP contribution is 2.32. The zero-order valence-corrected chi connectivity index (χ0v) is 18.5. The molecule has 168 valence electrons. The van der Waals surface area contributed by atoms with E-state index in [-0.39, 0.29) is 17.8 Å². The van der Waals surface area contributed by atoms with Crippen molar-refractivity contribution in [1.29, 1.82) is 0 Å². The van der Waals surface area contributed by atoms with Crippen molar-refractivity contribution in [1.82, 2.24) is 4.90 Å². The number of likely N-dealkylation sites (tertiary alicyclic amines) is 1. The molecule has 1 aliphatic heterocycles. The van der Waals surface area contributed by atoms with Gasteiger partial charge in [-0.05, 0) is 64.9 Å². The predicted molar refractivity (Wildman–Crippen MR) is 124 cm³/mol. The minimum absolute atomic E-state index is 0.0335. The monoisotopic (exact) mass is 435 g/mol. The lowest BCUT2D eigenvalue weighted by Gasteiger charge is -2.37. The molecule has 3 aromatic carbocycles. The number of unbranched alkanes of at least 4 members (excludes halogenated alkanes) is 1. The van der Waals surface area contributed by atoms with Crippen molar-refractivity contribution < 1.29 is 19.0 Å². The third kappa shape index (κ3) is 5.10. The van der Waals surface area contributed by atoms with Gasteiger partial charge in [-0.15, -0.1) is 0 Å². The Kier molecular flexibility index (Phi) is 7.05. The summed E-state index contributed by atoms with van der Waals surface area (Å²) in [6.07, 6.45) is 2.75. The summed E-state index contributed by atoms with van der Waals surface area (Å²) < 4.78 is 19.8. The molecule has 0 spiro atoms. The first kappa shape index (κ1) is 22.3. The van der Waals surface area contributed by atoms with Gasteiger partial charge in [0.1, 0.15) is 5.82 Å². The lowest BCUT2D eigenvalue weighted by atomic mass is 9.87. The summed E-state index contributed by atoms with van der Waals surface area (Å²) in [7, 11) is 0. The van der Waals surface area contributed by atoms with E-state index in [9.17, 15) is 14.3 Å². The molecule has 0 bridgehead atoms. The normalized spacial score (nSPS) is 18.8. The standard InChI is InChI=1S/C27H30FNO3/c1-2-3-6-21-15-19(16-22-7-4-5-8-24(21)22)18-32-26-17-29(27(30)31)14-13-25(26)20-9-11-23(28)12-10-20/h4-5,7-12,15-16,25-26H,2-3,6,13-14,17-18H2,1H3,(H,30,31). The van der Waals surface area contributed by atoms with Gasteiger partial charge in [-0.25, -0.2) is 9.18 Å². The summed E-state index contributed by atoms with van der Waals surface area (Å²) in [6, 6.07) is 19.3. The fourth-order valence-electron chi connectivity index (χ4n) is 4.67. The molecule has 2 unspecified atom stereocenters. The van der Waals surface area contributed by atoms with Crippen LogP contribution in [-0.2, 0) is 17.8 Å². The van der Waals surface area contributed by atoms with Crippen LogP contribution in [0.4, 0.5) is 9.18 Å². The molecule has 0 aromatic heterocycles. The minimum Gasteiger partial charge on any atom is -0.465 e. The fraction of sp³-hybridized carbons (Fsp3) is 0.370. The molecule has 0 aliphatic carbocycles. The second-order valence-electron chi connectivity index (χ2n) is 8.60. The number of rotatable bonds is 7. The molecule has 4 rings (SSSR count). The van der Waals surface area contributed by atoms with Gasteiger partial charge in [-0.1, -0.05) is 55.8 Å². The van der Waals surface area contributed by atoms with E-state index in [1.807, 2.05) is 6.07 Å². The Bertz CT molecular complexity index is 1070. The van der Waals surface area contributed by atoms with Gasteiger partial charge in [0, 0.05) is 12.5 Å². The molecule has 1 saturated heterocycles. The summed E-state index contributed by atoms with van der Waals surface area (Å²) in [4.78, 5) is 13.0. The van der Waals surface area contributed by atoms with Gasteiger partial charge in [-0.3, -0.25) is 0 Å². The summed E-state index contributed by atoms with van der Waals surface area (Å²) in [6.45, 7) is 3.38. The van der Waals surface area contributed by atoms with Crippen LogP contribution in [0, 0.1) is 5.82 Å². The van der Waals surface area contributed by atoms with Crippen molar-refractivity contribution in [3.63, 3.8) is 0 Å². The van der Waals surface area contributed by atoms with Gasteiger partial charge in [0.2, 0.25) is 0 Å². The maximum atomic E-state index is 13.4. The number of amides is 1. The molecule has 1 N–H and O–H groups in total. The van der Waals surface area contributed by atoms with E-state index in [0.29, 0.717) is 26.1 Å². The van der Waals surface area contributed by atoms with Crippen molar-refractivity contribution in [2.24, 2.45) is 0 Å². The van der Waals surface area contributed by atoms with Gasteiger partial charge in [0.15, 0.2) is 0 Å². The Labute approximate surface area is 188 Å². The molecule has 3 aromatic rings. The lowest BCUT2D eigenvalue weighted by molar-refractivity contribution is -0.0199. The van der Waals surface area contributed by atoms with Crippen LogP contribution in [0.15, 0.2) is 60.7 Å². The van der Waals surface area contributed by atoms with E-state index in [1.54, 1.807) is 12.1 Å². The number of halogens is 1. The Morgan fingerprint density at radius 3 is 2.69 bits per heavy atom. The number of nitrogens with zero attached hydrogens (tertiary/aromatic N) is 1. The third-order valence-electron chi connectivity index (χ3n) is 6.40. The number of aryl methyl sites for hydroxylation is 1. The molecule has 1 fully saturated rings.